The zero-order valence-electron chi connectivity index (χ0n) is 12.9. The quantitative estimate of drug-likeness (QED) is 0.901. The van der Waals surface area contributed by atoms with Gasteiger partial charge in [0.1, 0.15) is 5.82 Å². The summed E-state index contributed by atoms with van der Waals surface area (Å²) in [5.41, 5.74) is 2.56. The Labute approximate surface area is 134 Å². The zero-order valence-corrected chi connectivity index (χ0v) is 13.7. The Kier molecular flexibility index (Phi) is 5.19. The average Bonchev–Trinajstić information content (AvgIpc) is 2.71. The summed E-state index contributed by atoms with van der Waals surface area (Å²) in [5, 5.41) is 7.61. The lowest BCUT2D eigenvalue weighted by Gasteiger charge is -2.09. The molecule has 0 unspecified atom stereocenters. The van der Waals surface area contributed by atoms with Gasteiger partial charge in [-0.2, -0.15) is 5.10 Å². The second kappa shape index (κ2) is 6.92. The first-order valence-corrected chi connectivity index (χ1v) is 7.58. The van der Waals surface area contributed by atoms with Crippen molar-refractivity contribution in [3.05, 3.63) is 46.0 Å². The molecular weight excluding hydrogens is 305 g/mol. The van der Waals surface area contributed by atoms with Crippen LogP contribution in [0.2, 0.25) is 5.02 Å². The summed E-state index contributed by atoms with van der Waals surface area (Å²) in [6.45, 7) is 5.83. The van der Waals surface area contributed by atoms with E-state index in [0.29, 0.717) is 28.4 Å². The molecule has 0 bridgehead atoms. The van der Waals surface area contributed by atoms with Crippen LogP contribution in [0.3, 0.4) is 0 Å². The van der Waals surface area contributed by atoms with Crippen LogP contribution in [0.5, 0.6) is 0 Å². The molecule has 0 fully saturated rings. The van der Waals surface area contributed by atoms with Crippen LogP contribution < -0.4 is 5.32 Å². The minimum atomic E-state index is -0.364. The number of benzene rings is 1. The van der Waals surface area contributed by atoms with Crippen LogP contribution in [-0.2, 0) is 11.3 Å². The smallest absolute Gasteiger partial charge is 0.224 e. The Morgan fingerprint density at radius 1 is 1.41 bits per heavy atom. The molecule has 0 atom stereocenters. The largest absolute Gasteiger partial charge is 0.323 e. The lowest BCUT2D eigenvalue weighted by atomic mass is 10.2. The molecule has 4 nitrogen and oxygen atoms in total. The van der Waals surface area contributed by atoms with E-state index < -0.39 is 0 Å². The predicted octanol–water partition coefficient (Wildman–Crippen LogP) is 4.08. The highest BCUT2D eigenvalue weighted by Crippen LogP contribution is 2.24. The first-order chi connectivity index (χ1) is 10.4. The van der Waals surface area contributed by atoms with Crippen molar-refractivity contribution < 1.29 is 9.18 Å². The average molecular weight is 324 g/mol. The first-order valence-electron chi connectivity index (χ1n) is 7.20. The van der Waals surface area contributed by atoms with E-state index in [2.05, 4.69) is 10.4 Å². The predicted molar refractivity (Wildman–Crippen MR) is 85.8 cm³/mol. The number of amides is 1. The Hall–Kier alpha value is -1.88. The minimum absolute atomic E-state index is 0.0443. The second-order valence-corrected chi connectivity index (χ2v) is 5.61. The van der Waals surface area contributed by atoms with E-state index in [1.54, 1.807) is 16.8 Å². The maximum atomic E-state index is 13.9. The van der Waals surface area contributed by atoms with Gasteiger partial charge in [-0.05, 0) is 32.4 Å². The van der Waals surface area contributed by atoms with Gasteiger partial charge >= 0.3 is 0 Å². The van der Waals surface area contributed by atoms with E-state index in [1.807, 2.05) is 20.8 Å². The van der Waals surface area contributed by atoms with Gasteiger partial charge in [0.25, 0.3) is 0 Å². The van der Waals surface area contributed by atoms with Crippen LogP contribution in [-0.4, -0.2) is 15.7 Å². The summed E-state index contributed by atoms with van der Waals surface area (Å²) in [7, 11) is 0. The molecule has 2 rings (SSSR count). The highest BCUT2D eigenvalue weighted by Gasteiger charge is 2.16. The number of halogens is 2. The van der Waals surface area contributed by atoms with Crippen LogP contribution in [0.1, 0.15) is 36.7 Å². The van der Waals surface area contributed by atoms with Gasteiger partial charge in [0.15, 0.2) is 0 Å². The van der Waals surface area contributed by atoms with Crippen LogP contribution in [0, 0.1) is 19.7 Å². The third-order valence-electron chi connectivity index (χ3n) is 3.49. The molecule has 1 aromatic carbocycles. The van der Waals surface area contributed by atoms with E-state index in [9.17, 15) is 9.18 Å². The van der Waals surface area contributed by atoms with Crippen molar-refractivity contribution in [3.63, 3.8) is 0 Å². The molecule has 6 heteroatoms. The molecule has 2 aromatic rings. The highest BCUT2D eigenvalue weighted by molar-refractivity contribution is 6.31. The lowest BCUT2D eigenvalue weighted by Crippen LogP contribution is -2.12. The van der Waals surface area contributed by atoms with Gasteiger partial charge in [-0.1, -0.05) is 24.6 Å². The second-order valence-electron chi connectivity index (χ2n) is 5.20. The fourth-order valence-corrected chi connectivity index (χ4v) is 2.52. The van der Waals surface area contributed by atoms with Crippen molar-refractivity contribution in [1.82, 2.24) is 9.78 Å². The van der Waals surface area contributed by atoms with Crippen molar-refractivity contribution in [3.8, 4) is 0 Å². The summed E-state index contributed by atoms with van der Waals surface area (Å²) in [6, 6.07) is 4.59. The zero-order chi connectivity index (χ0) is 16.3. The van der Waals surface area contributed by atoms with E-state index in [0.717, 1.165) is 12.1 Å². The summed E-state index contributed by atoms with van der Waals surface area (Å²) < 4.78 is 15.5. The summed E-state index contributed by atoms with van der Waals surface area (Å²) >= 11 is 6.05. The van der Waals surface area contributed by atoms with E-state index in [4.69, 9.17) is 11.6 Å². The molecular formula is C16H19ClFN3O. The number of nitrogens with zero attached hydrogens (tertiary/aromatic N) is 2. The van der Waals surface area contributed by atoms with Gasteiger partial charge in [-0.3, -0.25) is 9.48 Å². The van der Waals surface area contributed by atoms with Gasteiger partial charge in [0.2, 0.25) is 5.91 Å². The maximum Gasteiger partial charge on any atom is 0.224 e. The molecule has 1 amide bonds. The molecule has 0 saturated heterocycles. The van der Waals surface area contributed by atoms with Crippen LogP contribution in [0.4, 0.5) is 10.1 Å². The normalized spacial score (nSPS) is 10.8. The number of hydrogen-bond donors (Lipinski definition) is 1. The number of carbonyl (C=O) groups excluding carboxylic acids is 1. The van der Waals surface area contributed by atoms with E-state index in [-0.39, 0.29) is 18.3 Å². The molecule has 1 N–H and O–H groups in total. The fourth-order valence-electron chi connectivity index (χ4n) is 2.29. The van der Waals surface area contributed by atoms with Crippen molar-refractivity contribution in [2.75, 3.05) is 5.32 Å². The molecule has 118 valence electrons. The van der Waals surface area contributed by atoms with Gasteiger partial charge in [-0.15, -0.1) is 0 Å². The third-order valence-corrected chi connectivity index (χ3v) is 3.85. The molecule has 1 heterocycles. The van der Waals surface area contributed by atoms with Crippen LogP contribution in [0.15, 0.2) is 18.2 Å². The fraction of sp³-hybridized carbons (Fsp3) is 0.375. The molecule has 0 spiro atoms. The number of nitrogens with one attached hydrogen (secondary N) is 1. The van der Waals surface area contributed by atoms with Crippen LogP contribution >= 0.6 is 11.6 Å². The Bertz CT molecular complexity index is 677. The minimum Gasteiger partial charge on any atom is -0.323 e. The van der Waals surface area contributed by atoms with Gasteiger partial charge < -0.3 is 5.32 Å². The molecule has 0 aliphatic carbocycles. The van der Waals surface area contributed by atoms with Gasteiger partial charge in [-0.25, -0.2) is 4.39 Å². The monoisotopic (exact) mass is 323 g/mol. The number of aryl methyl sites for hydroxylation is 1. The summed E-state index contributed by atoms with van der Waals surface area (Å²) in [4.78, 5) is 11.8. The van der Waals surface area contributed by atoms with Crippen molar-refractivity contribution in [2.45, 2.75) is 40.2 Å². The van der Waals surface area contributed by atoms with Crippen LogP contribution in [0.25, 0.3) is 0 Å². The summed E-state index contributed by atoms with van der Waals surface area (Å²) in [6.07, 6.45) is 1.24. The number of rotatable bonds is 5. The lowest BCUT2D eigenvalue weighted by molar-refractivity contribution is -0.116. The molecule has 22 heavy (non-hydrogen) atoms. The Morgan fingerprint density at radius 3 is 2.77 bits per heavy atom. The van der Waals surface area contributed by atoms with Gasteiger partial charge in [0.05, 0.1) is 23.6 Å². The van der Waals surface area contributed by atoms with Crippen molar-refractivity contribution in [2.24, 2.45) is 0 Å². The van der Waals surface area contributed by atoms with Crippen molar-refractivity contribution in [1.29, 1.82) is 0 Å². The van der Waals surface area contributed by atoms with Gasteiger partial charge in [0, 0.05) is 17.0 Å². The molecule has 1 aromatic heterocycles. The molecule has 0 aliphatic rings. The maximum absolute atomic E-state index is 13.9. The molecule has 0 aliphatic heterocycles. The molecule has 0 saturated carbocycles. The number of anilines is 1. The first kappa shape index (κ1) is 16.5. The number of carbonyl (C=O) groups is 1. The standard InChI is InChI=1S/C16H19ClFN3O/c1-4-6-15(22)19-16-10(2)20-21(11(16)3)9-12-13(17)7-5-8-14(12)18/h5,7-8H,4,6,9H2,1-3H3,(H,19,22). The van der Waals surface area contributed by atoms with Crippen molar-refractivity contribution >= 4 is 23.2 Å². The molecule has 0 radical (unpaired) electrons. The number of aromatic nitrogens is 2. The number of hydrogen-bond acceptors (Lipinski definition) is 2. The third kappa shape index (κ3) is 3.47. The van der Waals surface area contributed by atoms with E-state index >= 15 is 0 Å². The highest BCUT2D eigenvalue weighted by atomic mass is 35.5. The SMILES string of the molecule is CCCC(=O)Nc1c(C)nn(Cc2c(F)cccc2Cl)c1C. The van der Waals surface area contributed by atoms with E-state index in [1.165, 1.54) is 6.07 Å². The topological polar surface area (TPSA) is 46.9 Å². The Morgan fingerprint density at radius 2 is 2.14 bits per heavy atom. The Balaban J connectivity index is 2.28. The summed E-state index contributed by atoms with van der Waals surface area (Å²) in [5.74, 6) is -0.409.